The molecule has 1 aromatic carbocycles. The number of hydrogen-bond acceptors (Lipinski definition) is 4. The molecule has 3 aromatic heterocycles. The van der Waals surface area contributed by atoms with Crippen molar-refractivity contribution < 1.29 is 8.91 Å². The largest absolute Gasteiger partial charge is 0.356 e. The van der Waals surface area contributed by atoms with Gasteiger partial charge in [-0.1, -0.05) is 17.3 Å². The Morgan fingerprint density at radius 3 is 2.83 bits per heavy atom. The number of nitrogens with zero attached hydrogens (tertiary/aromatic N) is 3. The first-order valence-electron chi connectivity index (χ1n) is 7.21. The van der Waals surface area contributed by atoms with Crippen molar-refractivity contribution in [2.75, 3.05) is 0 Å². The van der Waals surface area contributed by atoms with Gasteiger partial charge < -0.3 is 9.51 Å². The molecular weight excluding hydrogens is 295 g/mol. The van der Waals surface area contributed by atoms with E-state index >= 15 is 0 Å². The number of halogens is 1. The second-order valence-electron chi connectivity index (χ2n) is 5.32. The molecule has 4 rings (SSSR count). The highest BCUT2D eigenvalue weighted by Crippen LogP contribution is 2.26. The number of benzene rings is 1. The van der Waals surface area contributed by atoms with Crippen molar-refractivity contribution >= 4 is 10.9 Å². The van der Waals surface area contributed by atoms with Crippen molar-refractivity contribution in [2.45, 2.75) is 13.3 Å². The highest BCUT2D eigenvalue weighted by Gasteiger charge is 2.15. The minimum Gasteiger partial charge on any atom is -0.356 e. The van der Waals surface area contributed by atoms with E-state index in [1.54, 1.807) is 18.5 Å². The van der Waals surface area contributed by atoms with Crippen LogP contribution in [-0.2, 0) is 6.42 Å². The van der Waals surface area contributed by atoms with Crippen molar-refractivity contribution in [1.82, 2.24) is 20.1 Å². The highest BCUT2D eigenvalue weighted by atomic mass is 19.1. The van der Waals surface area contributed by atoms with Gasteiger partial charge in [0, 0.05) is 29.0 Å². The number of aromatic nitrogens is 4. The number of hydrogen-bond donors (Lipinski definition) is 1. The molecule has 0 fully saturated rings. The van der Waals surface area contributed by atoms with Gasteiger partial charge >= 0.3 is 0 Å². The molecule has 0 amide bonds. The fourth-order valence-electron chi connectivity index (χ4n) is 2.69. The molecule has 0 bridgehead atoms. The van der Waals surface area contributed by atoms with Gasteiger partial charge in [0.1, 0.15) is 5.82 Å². The molecular formula is C17H13FN4O. The van der Waals surface area contributed by atoms with Crippen molar-refractivity contribution in [2.24, 2.45) is 0 Å². The van der Waals surface area contributed by atoms with E-state index in [2.05, 4.69) is 20.1 Å². The third kappa shape index (κ3) is 2.38. The third-order valence-corrected chi connectivity index (χ3v) is 3.84. The lowest BCUT2D eigenvalue weighted by atomic mass is 10.1. The summed E-state index contributed by atoms with van der Waals surface area (Å²) in [7, 11) is 0. The van der Waals surface area contributed by atoms with Gasteiger partial charge in [-0.15, -0.1) is 0 Å². The van der Waals surface area contributed by atoms with E-state index in [-0.39, 0.29) is 5.82 Å². The van der Waals surface area contributed by atoms with E-state index in [4.69, 9.17) is 4.52 Å². The van der Waals surface area contributed by atoms with Crippen molar-refractivity contribution in [3.63, 3.8) is 0 Å². The summed E-state index contributed by atoms with van der Waals surface area (Å²) in [5.74, 6) is 0.746. The molecule has 0 aliphatic heterocycles. The molecule has 0 aliphatic carbocycles. The summed E-state index contributed by atoms with van der Waals surface area (Å²) in [6.07, 6.45) is 3.81. The van der Waals surface area contributed by atoms with Gasteiger partial charge in [0.15, 0.2) is 0 Å². The van der Waals surface area contributed by atoms with Gasteiger partial charge in [-0.05, 0) is 30.7 Å². The zero-order valence-corrected chi connectivity index (χ0v) is 12.4. The Morgan fingerprint density at radius 1 is 1.17 bits per heavy atom. The summed E-state index contributed by atoms with van der Waals surface area (Å²) in [5, 5.41) is 4.84. The Bertz CT molecular complexity index is 975. The molecule has 1 N–H and O–H groups in total. The number of rotatable bonds is 3. The van der Waals surface area contributed by atoms with Crippen molar-refractivity contribution in [3.8, 4) is 11.4 Å². The second-order valence-corrected chi connectivity index (χ2v) is 5.32. The number of nitrogens with one attached hydrogen (secondary N) is 1. The molecule has 0 spiro atoms. The van der Waals surface area contributed by atoms with Crippen LogP contribution in [0.3, 0.4) is 0 Å². The number of para-hydroxylation sites is 1. The molecule has 0 aliphatic rings. The minimum absolute atomic E-state index is 0.264. The van der Waals surface area contributed by atoms with Gasteiger partial charge in [0.2, 0.25) is 11.7 Å². The molecule has 4 aromatic rings. The van der Waals surface area contributed by atoms with Crippen LogP contribution in [0.15, 0.2) is 47.2 Å². The van der Waals surface area contributed by atoms with Crippen LogP contribution in [0.25, 0.3) is 22.3 Å². The quantitative estimate of drug-likeness (QED) is 0.627. The average molecular weight is 308 g/mol. The van der Waals surface area contributed by atoms with Crippen LogP contribution < -0.4 is 0 Å². The zero-order chi connectivity index (χ0) is 15.8. The highest BCUT2D eigenvalue weighted by molar-refractivity contribution is 5.85. The monoisotopic (exact) mass is 308 g/mol. The number of aromatic amines is 1. The SMILES string of the molecule is Cc1[nH]c2c(F)cccc2c1Cc1nc(-c2ccncc2)no1. The minimum atomic E-state index is -0.264. The van der Waals surface area contributed by atoms with Crippen LogP contribution in [0.1, 0.15) is 17.1 Å². The lowest BCUT2D eigenvalue weighted by Crippen LogP contribution is -1.90. The van der Waals surface area contributed by atoms with Gasteiger partial charge in [-0.3, -0.25) is 4.98 Å². The Kier molecular flexibility index (Phi) is 3.15. The predicted molar refractivity (Wildman–Crippen MR) is 83.3 cm³/mol. The molecule has 0 unspecified atom stereocenters. The number of aryl methyl sites for hydroxylation is 1. The summed E-state index contributed by atoms with van der Waals surface area (Å²) in [5.41, 5.74) is 3.21. The zero-order valence-electron chi connectivity index (χ0n) is 12.4. The summed E-state index contributed by atoms with van der Waals surface area (Å²) in [6, 6.07) is 8.67. The van der Waals surface area contributed by atoms with Gasteiger partial charge in [0.25, 0.3) is 0 Å². The van der Waals surface area contributed by atoms with Crippen LogP contribution >= 0.6 is 0 Å². The van der Waals surface area contributed by atoms with Crippen molar-refractivity contribution in [1.29, 1.82) is 0 Å². The molecule has 23 heavy (non-hydrogen) atoms. The summed E-state index contributed by atoms with van der Waals surface area (Å²) >= 11 is 0. The molecule has 6 heteroatoms. The fraction of sp³-hybridized carbons (Fsp3) is 0.118. The summed E-state index contributed by atoms with van der Waals surface area (Å²) < 4.78 is 19.2. The van der Waals surface area contributed by atoms with Gasteiger partial charge in [-0.2, -0.15) is 4.98 Å². The van der Waals surface area contributed by atoms with Crippen molar-refractivity contribution in [3.05, 3.63) is 65.7 Å². The number of fused-ring (bicyclic) bond motifs is 1. The first-order valence-corrected chi connectivity index (χ1v) is 7.21. The molecule has 0 saturated heterocycles. The van der Waals surface area contributed by atoms with Gasteiger partial charge in [-0.25, -0.2) is 4.39 Å². The van der Waals surface area contributed by atoms with Crippen LogP contribution in [0, 0.1) is 12.7 Å². The fourth-order valence-corrected chi connectivity index (χ4v) is 2.69. The Labute approximate surface area is 131 Å². The first kappa shape index (κ1) is 13.6. The normalized spacial score (nSPS) is 11.2. The number of pyridine rings is 1. The topological polar surface area (TPSA) is 67.6 Å². The molecule has 0 saturated carbocycles. The predicted octanol–water partition coefficient (Wildman–Crippen LogP) is 3.65. The molecule has 5 nitrogen and oxygen atoms in total. The lowest BCUT2D eigenvalue weighted by Gasteiger charge is -1.97. The van der Waals surface area contributed by atoms with E-state index in [9.17, 15) is 4.39 Å². The second kappa shape index (κ2) is 5.31. The number of H-pyrrole nitrogens is 1. The Hall–Kier alpha value is -3.02. The summed E-state index contributed by atoms with van der Waals surface area (Å²) in [6.45, 7) is 1.91. The van der Waals surface area contributed by atoms with Crippen LogP contribution in [0.2, 0.25) is 0 Å². The van der Waals surface area contributed by atoms with E-state index in [1.807, 2.05) is 25.1 Å². The maximum atomic E-state index is 13.9. The van der Waals surface area contributed by atoms with Gasteiger partial charge in [0.05, 0.1) is 11.9 Å². The van der Waals surface area contributed by atoms with Crippen LogP contribution in [0.5, 0.6) is 0 Å². The smallest absolute Gasteiger partial charge is 0.231 e. The molecule has 0 radical (unpaired) electrons. The Morgan fingerprint density at radius 2 is 2.00 bits per heavy atom. The maximum Gasteiger partial charge on any atom is 0.231 e. The summed E-state index contributed by atoms with van der Waals surface area (Å²) in [4.78, 5) is 11.5. The molecule has 3 heterocycles. The maximum absolute atomic E-state index is 13.9. The lowest BCUT2D eigenvalue weighted by molar-refractivity contribution is 0.386. The first-order chi connectivity index (χ1) is 11.2. The van der Waals surface area contributed by atoms with E-state index in [0.717, 1.165) is 22.2 Å². The third-order valence-electron chi connectivity index (χ3n) is 3.84. The molecule has 0 atom stereocenters. The van der Waals surface area contributed by atoms with E-state index < -0.39 is 0 Å². The van der Waals surface area contributed by atoms with E-state index in [0.29, 0.717) is 23.7 Å². The standard InChI is InChI=1S/C17H13FN4O/c1-10-13(12-3-2-4-14(18)16(12)20-10)9-15-21-17(22-23-15)11-5-7-19-8-6-11/h2-8,20H,9H2,1H3. The molecule has 114 valence electrons. The Balaban J connectivity index is 1.71. The average Bonchev–Trinajstić information content (AvgIpc) is 3.16. The van der Waals surface area contributed by atoms with Crippen LogP contribution in [0.4, 0.5) is 4.39 Å². The van der Waals surface area contributed by atoms with E-state index in [1.165, 1.54) is 6.07 Å². The van der Waals surface area contributed by atoms with Crippen LogP contribution in [-0.4, -0.2) is 20.1 Å².